The van der Waals surface area contributed by atoms with E-state index in [-0.39, 0.29) is 0 Å². The average Bonchev–Trinajstić information content (AvgIpc) is 2.02. The lowest BCUT2D eigenvalue weighted by molar-refractivity contribution is 0.669. The summed E-state index contributed by atoms with van der Waals surface area (Å²) in [6, 6.07) is 160. The first kappa shape index (κ1) is 93.7. The number of aryl methyl sites for hydroxylation is 3. The van der Waals surface area contributed by atoms with Gasteiger partial charge in [0.25, 0.3) is 0 Å². The zero-order valence-corrected chi connectivity index (χ0v) is 81.5. The smallest absolute Gasteiger partial charge is 0.143 e. The fourth-order valence-corrected chi connectivity index (χ4v) is 20.4. The van der Waals surface area contributed by atoms with Crippen molar-refractivity contribution in [3.05, 3.63) is 472 Å². The van der Waals surface area contributed by atoms with Gasteiger partial charge in [-0.15, -0.1) is 22.7 Å². The molecule has 28 rings (SSSR count). The van der Waals surface area contributed by atoms with E-state index in [4.69, 9.17) is 13.3 Å². The summed E-state index contributed by atoms with van der Waals surface area (Å²) in [5.41, 5.74) is 9.77. The standard InChI is InChI=1S/3C20H12O.2C20H12S.3C7H8.5C2H6/c2*1-3-7-15-13(5-1)10-12-18-19(15)17-11-9-14-6-2-4-8-16(14)20(17)21-18;1-2-7-15-12-19-17(11-14(15)6-1)20-16-8-4-3-5-13(16)9-10-18(20)21-19;2*1-3-7-15-13(5-1)10-12-18-19(15)17-11-9-14-6-2-4-8-16(14)20(17)21-18;3*1-7-5-3-2-4-6-7;5*1-2/h5*1-12H;3*2-6H,1H3;5*1-2H3. The molecule has 0 amide bonds. The van der Waals surface area contributed by atoms with E-state index in [0.29, 0.717) is 0 Å². The molecule has 0 aliphatic carbocycles. The van der Waals surface area contributed by atoms with E-state index in [2.05, 4.69) is 421 Å². The minimum atomic E-state index is 0.957. The summed E-state index contributed by atoms with van der Waals surface area (Å²) >= 11 is 3.81. The van der Waals surface area contributed by atoms with Gasteiger partial charge in [-0.3, -0.25) is 0 Å². The van der Waals surface area contributed by atoms with Crippen LogP contribution in [0.1, 0.15) is 85.9 Å². The Kier molecular flexibility index (Phi) is 30.9. The predicted molar refractivity (Wildman–Crippen MR) is 605 cm³/mol. The summed E-state index contributed by atoms with van der Waals surface area (Å²) < 4.78 is 24.0. The third-order valence-electron chi connectivity index (χ3n) is 24.1. The van der Waals surface area contributed by atoms with Gasteiger partial charge in [-0.25, -0.2) is 0 Å². The van der Waals surface area contributed by atoms with Gasteiger partial charge in [-0.05, 0) is 172 Å². The normalized spacial score (nSPS) is 10.7. The van der Waals surface area contributed by atoms with Crippen LogP contribution in [0.5, 0.6) is 0 Å². The molecule has 28 aromatic rings. The fraction of sp³-hybridized carbons (Fsp3) is 0.0992. The Hall–Kier alpha value is -15.5. The predicted octanol–water partition coefficient (Wildman–Crippen LogP) is 41.5. The molecule has 136 heavy (non-hydrogen) atoms. The van der Waals surface area contributed by atoms with Gasteiger partial charge in [0.15, 0.2) is 0 Å². The number of thiophene rings is 2. The first-order valence-electron chi connectivity index (χ1n) is 47.9. The Morgan fingerprint density at radius 3 is 0.676 bits per heavy atom. The molecule has 0 bridgehead atoms. The molecule has 0 saturated heterocycles. The molecular formula is C131H114O3S2. The van der Waals surface area contributed by atoms with Crippen LogP contribution in [0.3, 0.4) is 0 Å². The number of furan rings is 3. The summed E-state index contributed by atoms with van der Waals surface area (Å²) in [6.07, 6.45) is 0. The molecule has 3 nitrogen and oxygen atoms in total. The molecular weight excluding hydrogens is 1690 g/mol. The van der Waals surface area contributed by atoms with Crippen molar-refractivity contribution in [3.8, 4) is 0 Å². The Bertz CT molecular complexity index is 7970. The zero-order chi connectivity index (χ0) is 94.4. The van der Waals surface area contributed by atoms with Crippen LogP contribution in [0, 0.1) is 20.8 Å². The lowest BCUT2D eigenvalue weighted by Crippen LogP contribution is -1.75. The second-order valence-corrected chi connectivity index (χ2v) is 34.2. The number of rotatable bonds is 0. The second kappa shape index (κ2) is 44.8. The molecule has 23 aromatic carbocycles. The minimum Gasteiger partial charge on any atom is -0.456 e. The van der Waals surface area contributed by atoms with Gasteiger partial charge in [0.2, 0.25) is 0 Å². The van der Waals surface area contributed by atoms with Gasteiger partial charge in [-0.1, -0.05) is 486 Å². The van der Waals surface area contributed by atoms with E-state index in [1.54, 1.807) is 0 Å². The van der Waals surface area contributed by atoms with Gasteiger partial charge >= 0.3 is 0 Å². The molecule has 5 aromatic heterocycles. The van der Waals surface area contributed by atoms with Crippen molar-refractivity contribution < 1.29 is 13.3 Å². The quantitative estimate of drug-likeness (QED) is 0.152. The van der Waals surface area contributed by atoms with E-state index >= 15 is 0 Å². The molecule has 0 aliphatic heterocycles. The summed E-state index contributed by atoms with van der Waals surface area (Å²) in [7, 11) is 0. The molecule has 0 unspecified atom stereocenters. The number of fused-ring (bicyclic) bond motifs is 34. The highest BCUT2D eigenvalue weighted by Gasteiger charge is 2.18. The average molecular weight is 1800 g/mol. The van der Waals surface area contributed by atoms with Gasteiger partial charge < -0.3 is 13.3 Å². The van der Waals surface area contributed by atoms with Gasteiger partial charge in [-0.2, -0.15) is 0 Å². The van der Waals surface area contributed by atoms with Crippen molar-refractivity contribution >= 4 is 237 Å². The highest BCUT2D eigenvalue weighted by atomic mass is 32.1. The molecule has 0 spiro atoms. The number of hydrogen-bond donors (Lipinski definition) is 0. The largest absolute Gasteiger partial charge is 0.456 e. The molecule has 0 atom stereocenters. The summed E-state index contributed by atoms with van der Waals surface area (Å²) in [4.78, 5) is 0. The van der Waals surface area contributed by atoms with Crippen LogP contribution in [0.2, 0.25) is 0 Å². The van der Waals surface area contributed by atoms with Gasteiger partial charge in [0.05, 0.1) is 0 Å². The Morgan fingerprint density at radius 2 is 0.368 bits per heavy atom. The third-order valence-corrected chi connectivity index (χ3v) is 26.5. The van der Waals surface area contributed by atoms with Crippen molar-refractivity contribution in [2.24, 2.45) is 0 Å². The number of hydrogen-bond acceptors (Lipinski definition) is 5. The van der Waals surface area contributed by atoms with Crippen molar-refractivity contribution in [2.45, 2.75) is 90.0 Å². The van der Waals surface area contributed by atoms with E-state index in [9.17, 15) is 0 Å². The van der Waals surface area contributed by atoms with E-state index in [1.165, 1.54) is 197 Å². The van der Waals surface area contributed by atoms with Crippen LogP contribution >= 0.6 is 22.7 Å². The third kappa shape index (κ3) is 19.8. The SMILES string of the molecule is CC.CC.CC.CC.CC.Cc1ccccc1.Cc1ccccc1.Cc1ccccc1.c1ccc2c(c1)ccc1c2oc2ccc3ccccc3c21.c1ccc2c(c1)ccc1c2oc2ccc3ccccc3c21.c1ccc2c(c1)ccc1c2sc2ccc3ccccc3c21.c1ccc2c(c1)ccc1c2sc2ccc3ccccc3c21.c1ccc2cc3c(cc2c1)oc1ccc2ccccc2c13. The fourth-order valence-electron chi connectivity index (χ4n) is 17.9. The van der Waals surface area contributed by atoms with Crippen molar-refractivity contribution in [1.29, 1.82) is 0 Å². The Balaban J connectivity index is 0.000000114. The monoisotopic (exact) mass is 1800 g/mol. The molecule has 668 valence electrons. The summed E-state index contributed by atoms with van der Waals surface area (Å²) in [5.74, 6) is 0. The molecule has 0 saturated carbocycles. The molecule has 0 N–H and O–H groups in total. The second-order valence-electron chi connectivity index (χ2n) is 32.1. The number of benzene rings is 23. The van der Waals surface area contributed by atoms with E-state index in [0.717, 1.165) is 33.5 Å². The molecule has 0 fully saturated rings. The van der Waals surface area contributed by atoms with Crippen molar-refractivity contribution in [2.75, 3.05) is 0 Å². The summed E-state index contributed by atoms with van der Waals surface area (Å²) in [5, 5.41) is 38.3. The first-order valence-corrected chi connectivity index (χ1v) is 49.5. The lowest BCUT2D eigenvalue weighted by atomic mass is 10.0. The Morgan fingerprint density at radius 1 is 0.147 bits per heavy atom. The van der Waals surface area contributed by atoms with Crippen molar-refractivity contribution in [3.63, 3.8) is 0 Å². The van der Waals surface area contributed by atoms with Crippen LogP contribution in [-0.2, 0) is 0 Å². The van der Waals surface area contributed by atoms with Crippen LogP contribution in [0.25, 0.3) is 214 Å². The molecule has 0 aliphatic rings. The van der Waals surface area contributed by atoms with E-state index < -0.39 is 0 Å². The van der Waals surface area contributed by atoms with Gasteiger partial charge in [0, 0.05) is 83.4 Å². The molecule has 0 radical (unpaired) electrons. The van der Waals surface area contributed by atoms with Crippen molar-refractivity contribution in [1.82, 2.24) is 0 Å². The minimum absolute atomic E-state index is 0.957. The van der Waals surface area contributed by atoms with E-state index in [1.807, 2.05) is 147 Å². The van der Waals surface area contributed by atoms with Crippen LogP contribution in [-0.4, -0.2) is 0 Å². The van der Waals surface area contributed by atoms with Crippen LogP contribution < -0.4 is 0 Å². The topological polar surface area (TPSA) is 39.4 Å². The molecule has 5 heterocycles. The maximum absolute atomic E-state index is 6.17. The lowest BCUT2D eigenvalue weighted by Gasteiger charge is -2.01. The first-order chi connectivity index (χ1) is 67.2. The Labute approximate surface area is 805 Å². The van der Waals surface area contributed by atoms with Crippen LogP contribution in [0.15, 0.2) is 468 Å². The van der Waals surface area contributed by atoms with Gasteiger partial charge in [0.1, 0.15) is 33.5 Å². The molecule has 5 heteroatoms. The highest BCUT2D eigenvalue weighted by Crippen LogP contribution is 2.46. The zero-order valence-electron chi connectivity index (χ0n) is 79.8. The maximum Gasteiger partial charge on any atom is 0.143 e. The van der Waals surface area contributed by atoms with Crippen LogP contribution in [0.4, 0.5) is 0 Å². The highest BCUT2D eigenvalue weighted by molar-refractivity contribution is 7.27. The maximum atomic E-state index is 6.17. The summed E-state index contributed by atoms with van der Waals surface area (Å²) in [6.45, 7) is 26.2.